The summed E-state index contributed by atoms with van der Waals surface area (Å²) in [5.74, 6) is 0.718. The molecule has 0 bridgehead atoms. The lowest BCUT2D eigenvalue weighted by molar-refractivity contribution is 0.174. The molecule has 0 saturated heterocycles. The number of H-pyrrole nitrogens is 1. The van der Waals surface area contributed by atoms with E-state index in [-0.39, 0.29) is 17.4 Å². The third-order valence-electron chi connectivity index (χ3n) is 5.72. The Hall–Kier alpha value is -2.09. The molecule has 1 saturated carbocycles. The van der Waals surface area contributed by atoms with Crippen LogP contribution in [0.25, 0.3) is 10.9 Å². The normalized spacial score (nSPS) is 31.0. The molecule has 2 heteroatoms. The second kappa shape index (κ2) is 5.84. The van der Waals surface area contributed by atoms with Gasteiger partial charge in [0.05, 0.1) is 6.04 Å². The van der Waals surface area contributed by atoms with Gasteiger partial charge in [-0.3, -0.25) is 4.99 Å². The van der Waals surface area contributed by atoms with E-state index in [9.17, 15) is 0 Å². The van der Waals surface area contributed by atoms with Gasteiger partial charge in [-0.2, -0.15) is 0 Å². The van der Waals surface area contributed by atoms with Gasteiger partial charge in [0.25, 0.3) is 0 Å². The topological polar surface area (TPSA) is 28.1 Å². The van der Waals surface area contributed by atoms with Crippen LogP contribution in [-0.4, -0.2) is 17.7 Å². The summed E-state index contributed by atoms with van der Waals surface area (Å²) in [6.45, 7) is 16.7. The second-order valence-corrected chi connectivity index (χ2v) is 7.14. The van der Waals surface area contributed by atoms with Crippen LogP contribution >= 0.6 is 0 Å². The molecule has 1 heterocycles. The van der Waals surface area contributed by atoms with Gasteiger partial charge in [-0.25, -0.2) is 0 Å². The van der Waals surface area contributed by atoms with Crippen molar-refractivity contribution in [2.24, 2.45) is 16.3 Å². The summed E-state index contributed by atoms with van der Waals surface area (Å²) in [4.78, 5) is 7.99. The zero-order chi connectivity index (χ0) is 16.6. The molecule has 120 valence electrons. The van der Waals surface area contributed by atoms with Crippen molar-refractivity contribution in [3.05, 3.63) is 60.8 Å². The first kappa shape index (κ1) is 15.8. The third-order valence-corrected chi connectivity index (χ3v) is 5.72. The molecule has 1 aliphatic rings. The van der Waals surface area contributed by atoms with E-state index in [0.717, 1.165) is 12.8 Å². The molecular weight excluding hydrogens is 280 g/mol. The van der Waals surface area contributed by atoms with Gasteiger partial charge in [0.15, 0.2) is 0 Å². The summed E-state index contributed by atoms with van der Waals surface area (Å²) in [5, 5.41) is 1.28. The lowest BCUT2D eigenvalue weighted by atomic mass is 9.59. The minimum absolute atomic E-state index is 0.0171. The number of aliphatic imine (C=N–C) groups is 1. The quantitative estimate of drug-likeness (QED) is 0.571. The van der Waals surface area contributed by atoms with E-state index < -0.39 is 0 Å². The maximum atomic E-state index is 4.57. The molecular formula is C21H26N2. The van der Waals surface area contributed by atoms with Gasteiger partial charge in [0.2, 0.25) is 0 Å². The highest BCUT2D eigenvalue weighted by Crippen LogP contribution is 2.52. The largest absolute Gasteiger partial charge is 0.361 e. The van der Waals surface area contributed by atoms with Crippen LogP contribution in [0.3, 0.4) is 0 Å². The fraction of sp³-hybridized carbons (Fsp3) is 0.381. The van der Waals surface area contributed by atoms with Crippen LogP contribution in [0.1, 0.15) is 38.2 Å². The molecule has 1 aromatic carbocycles. The first-order valence-corrected chi connectivity index (χ1v) is 8.32. The van der Waals surface area contributed by atoms with Crippen molar-refractivity contribution in [1.82, 2.24) is 4.98 Å². The van der Waals surface area contributed by atoms with Crippen LogP contribution in [0, 0.1) is 11.3 Å². The molecule has 1 fully saturated rings. The van der Waals surface area contributed by atoms with Crippen LogP contribution in [0.2, 0.25) is 0 Å². The van der Waals surface area contributed by atoms with Crippen LogP contribution in [0.4, 0.5) is 0 Å². The van der Waals surface area contributed by atoms with Crippen LogP contribution in [0.15, 0.2) is 60.3 Å². The van der Waals surface area contributed by atoms with E-state index in [4.69, 9.17) is 0 Å². The second-order valence-electron chi connectivity index (χ2n) is 7.14. The number of hydrogen-bond donors (Lipinski definition) is 1. The Morgan fingerprint density at radius 1 is 1.39 bits per heavy atom. The number of hydrogen-bond acceptors (Lipinski definition) is 1. The smallest absolute Gasteiger partial charge is 0.0655 e. The molecule has 4 atom stereocenters. The predicted molar refractivity (Wildman–Crippen MR) is 100 cm³/mol. The van der Waals surface area contributed by atoms with Gasteiger partial charge in [-0.05, 0) is 44.0 Å². The predicted octanol–water partition coefficient (Wildman–Crippen LogP) is 5.50. The number of rotatable bonds is 4. The number of aromatic nitrogens is 1. The van der Waals surface area contributed by atoms with Crippen LogP contribution in [0.5, 0.6) is 0 Å². The molecule has 0 spiro atoms. The van der Waals surface area contributed by atoms with Gasteiger partial charge < -0.3 is 4.98 Å². The number of aromatic amines is 1. The van der Waals surface area contributed by atoms with Crippen molar-refractivity contribution in [3.8, 4) is 0 Å². The fourth-order valence-corrected chi connectivity index (χ4v) is 4.28. The third kappa shape index (κ3) is 2.46. The highest BCUT2D eigenvalue weighted by Gasteiger charge is 2.46. The monoisotopic (exact) mass is 306 g/mol. The molecule has 3 rings (SSSR count). The molecule has 0 radical (unpaired) electrons. The lowest BCUT2D eigenvalue weighted by Crippen LogP contribution is -2.42. The minimum Gasteiger partial charge on any atom is -0.361 e. The highest BCUT2D eigenvalue weighted by molar-refractivity contribution is 5.84. The summed E-state index contributed by atoms with van der Waals surface area (Å²) in [6, 6.07) is 8.60. The van der Waals surface area contributed by atoms with Gasteiger partial charge in [0.1, 0.15) is 0 Å². The maximum absolute atomic E-state index is 4.57. The number of fused-ring (bicyclic) bond motifs is 1. The van der Waals surface area contributed by atoms with E-state index in [1.807, 2.05) is 0 Å². The summed E-state index contributed by atoms with van der Waals surface area (Å²) >= 11 is 0. The van der Waals surface area contributed by atoms with E-state index >= 15 is 0 Å². The Bertz CT molecular complexity index is 754. The Balaban J connectivity index is 2.18. The Morgan fingerprint density at radius 2 is 2.13 bits per heavy atom. The fourth-order valence-electron chi connectivity index (χ4n) is 4.28. The minimum atomic E-state index is -0.0171. The van der Waals surface area contributed by atoms with Crippen molar-refractivity contribution < 1.29 is 0 Å². The van der Waals surface area contributed by atoms with E-state index in [0.29, 0.717) is 5.92 Å². The average Bonchev–Trinajstić information content (AvgIpc) is 2.97. The Kier molecular flexibility index (Phi) is 4.01. The maximum Gasteiger partial charge on any atom is 0.0655 e. The van der Waals surface area contributed by atoms with Crippen molar-refractivity contribution in [3.63, 3.8) is 0 Å². The number of allylic oxidation sites excluding steroid dienone is 1. The van der Waals surface area contributed by atoms with Crippen molar-refractivity contribution >= 4 is 17.6 Å². The molecule has 0 unspecified atom stereocenters. The van der Waals surface area contributed by atoms with Crippen LogP contribution < -0.4 is 0 Å². The van der Waals surface area contributed by atoms with Crippen molar-refractivity contribution in [2.75, 3.05) is 0 Å². The molecule has 1 aliphatic carbocycles. The Morgan fingerprint density at radius 3 is 2.78 bits per heavy atom. The SMILES string of the molecule is C=C[C@@]1(C)CC[C@H](C(=C)C)[C@@H](c2c[nH]c3ccccc23)[C@H]1N=C. The molecule has 2 aromatic rings. The molecule has 1 N–H and O–H groups in total. The van der Waals surface area contributed by atoms with Crippen molar-refractivity contribution in [1.29, 1.82) is 0 Å². The van der Waals surface area contributed by atoms with Crippen LogP contribution in [-0.2, 0) is 0 Å². The summed E-state index contributed by atoms with van der Waals surface area (Å²) in [5.41, 5.74) is 3.73. The van der Waals surface area contributed by atoms with Gasteiger partial charge in [-0.1, -0.05) is 43.4 Å². The number of nitrogens with zero attached hydrogens (tertiary/aromatic N) is 1. The molecule has 1 aromatic heterocycles. The Labute approximate surface area is 139 Å². The van der Waals surface area contributed by atoms with E-state index in [2.05, 4.69) is 80.2 Å². The van der Waals surface area contributed by atoms with Gasteiger partial charge in [-0.15, -0.1) is 6.58 Å². The first-order valence-electron chi connectivity index (χ1n) is 8.32. The average molecular weight is 306 g/mol. The molecule has 0 aliphatic heterocycles. The first-order chi connectivity index (χ1) is 11.0. The number of nitrogens with one attached hydrogen (secondary N) is 1. The standard InChI is InChI=1S/C21H26N2/c1-6-21(4)12-11-15(14(2)3)19(20(21)22-5)17-13-23-18-10-8-7-9-16(17)18/h6-10,13,15,19-20,23H,1-2,5,11-12H2,3-4H3/t15-,19+,20-,21+/m1/s1. The number of benzene rings is 1. The zero-order valence-electron chi connectivity index (χ0n) is 14.2. The highest BCUT2D eigenvalue weighted by atomic mass is 14.8. The summed E-state index contributed by atoms with van der Waals surface area (Å²) < 4.78 is 0. The molecule has 0 amide bonds. The molecule has 23 heavy (non-hydrogen) atoms. The lowest BCUT2D eigenvalue weighted by Gasteiger charge is -2.46. The van der Waals surface area contributed by atoms with E-state index in [1.165, 1.54) is 22.0 Å². The molecule has 2 nitrogen and oxygen atoms in total. The number of para-hydroxylation sites is 1. The van der Waals surface area contributed by atoms with Gasteiger partial charge >= 0.3 is 0 Å². The summed E-state index contributed by atoms with van der Waals surface area (Å²) in [6.07, 6.45) is 6.42. The van der Waals surface area contributed by atoms with Gasteiger partial charge in [0, 0.05) is 28.4 Å². The van der Waals surface area contributed by atoms with E-state index in [1.54, 1.807) is 0 Å². The summed E-state index contributed by atoms with van der Waals surface area (Å²) in [7, 11) is 0. The zero-order valence-corrected chi connectivity index (χ0v) is 14.2. The van der Waals surface area contributed by atoms with Crippen molar-refractivity contribution in [2.45, 2.75) is 38.6 Å².